The molecule has 0 radical (unpaired) electrons. The van der Waals surface area contributed by atoms with Gasteiger partial charge in [-0.2, -0.15) is 0 Å². The van der Waals surface area contributed by atoms with E-state index in [0.717, 1.165) is 32.1 Å². The van der Waals surface area contributed by atoms with Crippen molar-refractivity contribution in [2.24, 2.45) is 7.05 Å². The first-order chi connectivity index (χ1) is 13.5. The van der Waals surface area contributed by atoms with Crippen molar-refractivity contribution >= 4 is 60.5 Å². The van der Waals surface area contributed by atoms with Gasteiger partial charge in [0.1, 0.15) is 6.04 Å². The molecule has 0 bridgehead atoms. The van der Waals surface area contributed by atoms with E-state index in [1.54, 1.807) is 44.3 Å². The molecule has 1 atom stereocenters. The summed E-state index contributed by atoms with van der Waals surface area (Å²) in [7, 11) is -2.08. The highest BCUT2D eigenvalue weighted by molar-refractivity contribution is 7.92. The van der Waals surface area contributed by atoms with Crippen LogP contribution in [0.3, 0.4) is 0 Å². The predicted molar refractivity (Wildman–Crippen MR) is 119 cm³/mol. The summed E-state index contributed by atoms with van der Waals surface area (Å²) in [5.74, 6) is -0.502. The number of sulfonamides is 1. The van der Waals surface area contributed by atoms with E-state index < -0.39 is 22.0 Å². The smallest absolute Gasteiger partial charge is 0.307 e. The number of amides is 1. The van der Waals surface area contributed by atoms with E-state index in [-0.39, 0.29) is 4.87 Å². The number of thiazole rings is 1. The van der Waals surface area contributed by atoms with Gasteiger partial charge in [-0.25, -0.2) is 8.42 Å². The van der Waals surface area contributed by atoms with Crippen molar-refractivity contribution in [1.29, 1.82) is 0 Å². The van der Waals surface area contributed by atoms with E-state index in [1.807, 2.05) is 0 Å². The largest absolute Gasteiger partial charge is 0.324 e. The fourth-order valence-electron chi connectivity index (χ4n) is 3.06. The molecule has 0 unspecified atom stereocenters. The summed E-state index contributed by atoms with van der Waals surface area (Å²) in [5, 5.41) is 3.11. The number of rotatable bonds is 5. The highest BCUT2D eigenvalue weighted by atomic mass is 35.5. The van der Waals surface area contributed by atoms with E-state index >= 15 is 0 Å². The molecule has 0 aliphatic carbocycles. The van der Waals surface area contributed by atoms with Crippen molar-refractivity contribution < 1.29 is 13.2 Å². The number of carbonyl (C=O) groups is 1. The molecule has 0 saturated heterocycles. The number of nitrogens with one attached hydrogen (secondary N) is 1. The van der Waals surface area contributed by atoms with Gasteiger partial charge in [-0.05, 0) is 49.7 Å². The van der Waals surface area contributed by atoms with Crippen molar-refractivity contribution in [3.63, 3.8) is 0 Å². The minimum absolute atomic E-state index is 0.100. The van der Waals surface area contributed by atoms with Crippen LogP contribution in [0.2, 0.25) is 5.02 Å². The summed E-state index contributed by atoms with van der Waals surface area (Å²) in [6, 6.07) is 8.97. The maximum atomic E-state index is 12.9. The molecule has 0 aliphatic heterocycles. The van der Waals surface area contributed by atoms with Crippen LogP contribution < -0.4 is 14.5 Å². The molecule has 1 aromatic heterocycles. The van der Waals surface area contributed by atoms with Crippen LogP contribution in [-0.4, -0.2) is 31.2 Å². The Morgan fingerprint density at radius 2 is 1.93 bits per heavy atom. The minimum Gasteiger partial charge on any atom is -0.324 e. The van der Waals surface area contributed by atoms with Crippen LogP contribution in [0.5, 0.6) is 0 Å². The SMILES string of the molecule is Cc1ccc(Cl)cc1N([C@H](C)C(=O)Nc1ccc2c(c1)sc(=O)n2C)S(C)(=O)=O. The molecule has 2 aromatic carbocycles. The zero-order chi connectivity index (χ0) is 21.5. The second-order valence-electron chi connectivity index (χ2n) is 6.76. The van der Waals surface area contributed by atoms with Crippen LogP contribution in [0.1, 0.15) is 12.5 Å². The quantitative estimate of drug-likeness (QED) is 0.641. The average molecular weight is 454 g/mol. The normalized spacial score (nSPS) is 12.7. The molecule has 1 amide bonds. The lowest BCUT2D eigenvalue weighted by atomic mass is 10.1. The Morgan fingerprint density at radius 1 is 1.24 bits per heavy atom. The molecule has 0 aliphatic rings. The van der Waals surface area contributed by atoms with Crippen molar-refractivity contribution in [3.8, 4) is 0 Å². The summed E-state index contributed by atoms with van der Waals surface area (Å²) in [5.41, 5.74) is 2.26. The van der Waals surface area contributed by atoms with Crippen LogP contribution in [-0.2, 0) is 21.9 Å². The van der Waals surface area contributed by atoms with Crippen LogP contribution >= 0.6 is 22.9 Å². The predicted octanol–water partition coefficient (Wildman–Crippen LogP) is 3.36. The number of hydrogen-bond donors (Lipinski definition) is 1. The lowest BCUT2D eigenvalue weighted by Crippen LogP contribution is -2.45. The first kappa shape index (κ1) is 21.4. The molecule has 3 rings (SSSR count). The lowest BCUT2D eigenvalue weighted by molar-refractivity contribution is -0.116. The van der Waals surface area contributed by atoms with Gasteiger partial charge in [0.25, 0.3) is 0 Å². The summed E-state index contributed by atoms with van der Waals surface area (Å²) in [6.45, 7) is 3.26. The van der Waals surface area contributed by atoms with Gasteiger partial charge in [-0.15, -0.1) is 0 Å². The van der Waals surface area contributed by atoms with Gasteiger partial charge in [-0.3, -0.25) is 13.9 Å². The maximum Gasteiger partial charge on any atom is 0.307 e. The maximum absolute atomic E-state index is 12.9. The van der Waals surface area contributed by atoms with Gasteiger partial charge in [0.2, 0.25) is 15.9 Å². The lowest BCUT2D eigenvalue weighted by Gasteiger charge is -2.29. The molecule has 7 nitrogen and oxygen atoms in total. The van der Waals surface area contributed by atoms with Crippen LogP contribution in [0.4, 0.5) is 11.4 Å². The third-order valence-electron chi connectivity index (χ3n) is 4.56. The number of carbonyl (C=O) groups excluding carboxylic acids is 1. The second kappa shape index (κ2) is 7.81. The van der Waals surface area contributed by atoms with Gasteiger partial charge >= 0.3 is 4.87 Å². The van der Waals surface area contributed by atoms with Gasteiger partial charge in [0.15, 0.2) is 0 Å². The Kier molecular flexibility index (Phi) is 5.75. The number of anilines is 2. The molecule has 1 N–H and O–H groups in total. The van der Waals surface area contributed by atoms with E-state index in [4.69, 9.17) is 11.6 Å². The molecule has 0 spiro atoms. The van der Waals surface area contributed by atoms with Gasteiger partial charge in [-0.1, -0.05) is 29.0 Å². The molecule has 1 heterocycles. The number of aryl methyl sites for hydroxylation is 2. The minimum atomic E-state index is -3.76. The van der Waals surface area contributed by atoms with Crippen LogP contribution in [0.25, 0.3) is 10.2 Å². The molecular formula is C19H20ClN3O4S2. The molecule has 29 heavy (non-hydrogen) atoms. The van der Waals surface area contributed by atoms with Crippen LogP contribution in [0, 0.1) is 6.92 Å². The zero-order valence-electron chi connectivity index (χ0n) is 16.3. The monoisotopic (exact) mass is 453 g/mol. The van der Waals surface area contributed by atoms with Gasteiger partial charge in [0, 0.05) is 17.8 Å². The molecular weight excluding hydrogens is 434 g/mol. The molecule has 0 fully saturated rings. The fourth-order valence-corrected chi connectivity index (χ4v) is 5.37. The molecule has 3 aromatic rings. The molecule has 10 heteroatoms. The Balaban J connectivity index is 1.94. The Labute approximate surface area is 177 Å². The van der Waals surface area contributed by atoms with E-state index in [1.165, 1.54) is 17.6 Å². The first-order valence-corrected chi connectivity index (χ1v) is 11.7. The van der Waals surface area contributed by atoms with E-state index in [0.29, 0.717) is 22.0 Å². The fraction of sp³-hybridized carbons (Fsp3) is 0.263. The molecule has 154 valence electrons. The number of hydrogen-bond acceptors (Lipinski definition) is 5. The van der Waals surface area contributed by atoms with Crippen molar-refractivity contribution in [3.05, 3.63) is 56.7 Å². The van der Waals surface area contributed by atoms with Gasteiger partial charge in [0.05, 0.1) is 22.2 Å². The first-order valence-electron chi connectivity index (χ1n) is 8.65. The van der Waals surface area contributed by atoms with E-state index in [9.17, 15) is 18.0 Å². The van der Waals surface area contributed by atoms with Crippen LogP contribution in [0.15, 0.2) is 41.2 Å². The van der Waals surface area contributed by atoms with Gasteiger partial charge < -0.3 is 9.88 Å². The third-order valence-corrected chi connectivity index (χ3v) is 7.01. The molecule has 0 saturated carbocycles. The average Bonchev–Trinajstić information content (AvgIpc) is 2.90. The number of benzene rings is 2. The zero-order valence-corrected chi connectivity index (χ0v) is 18.7. The number of fused-ring (bicyclic) bond motifs is 1. The Morgan fingerprint density at radius 3 is 2.59 bits per heavy atom. The van der Waals surface area contributed by atoms with Crippen molar-refractivity contribution in [2.75, 3.05) is 15.9 Å². The highest BCUT2D eigenvalue weighted by Gasteiger charge is 2.30. The number of halogens is 1. The second-order valence-corrected chi connectivity index (χ2v) is 10.1. The summed E-state index contributed by atoms with van der Waals surface area (Å²) < 4.78 is 28.3. The third kappa shape index (κ3) is 4.31. The summed E-state index contributed by atoms with van der Waals surface area (Å²) in [6.07, 6.45) is 1.05. The summed E-state index contributed by atoms with van der Waals surface area (Å²) >= 11 is 7.12. The number of nitrogens with zero attached hydrogens (tertiary/aromatic N) is 2. The Hall–Kier alpha value is -2.36. The Bertz CT molecular complexity index is 1260. The topological polar surface area (TPSA) is 88.5 Å². The standard InChI is InChI=1S/C19H20ClN3O4S2/c1-11-5-6-13(20)9-16(11)23(29(4,26)27)12(2)18(24)21-14-7-8-15-17(10-14)28-19(25)22(15)3/h5-10,12H,1-4H3,(H,21,24)/t12-/m1/s1. The number of aromatic nitrogens is 1. The van der Waals surface area contributed by atoms with Crippen molar-refractivity contribution in [1.82, 2.24) is 4.57 Å². The summed E-state index contributed by atoms with van der Waals surface area (Å²) in [4.78, 5) is 24.6. The van der Waals surface area contributed by atoms with E-state index in [2.05, 4.69) is 5.32 Å². The van der Waals surface area contributed by atoms with Crippen molar-refractivity contribution in [2.45, 2.75) is 19.9 Å². The highest BCUT2D eigenvalue weighted by Crippen LogP contribution is 2.29.